The summed E-state index contributed by atoms with van der Waals surface area (Å²) in [6.45, 7) is 13.7. The summed E-state index contributed by atoms with van der Waals surface area (Å²) in [5.74, 6) is 0.873. The standard InChI is InChI=1S/C6H6ClN.C5H7NO.2C2H6/c1-5-3-2-4-8-6(5)7;1-4-3-5(2)7-6-4;2*1-2/h2-4H,1H3;3H,1-2H3;2*1-2H3. The van der Waals surface area contributed by atoms with Crippen LogP contribution in [0.5, 0.6) is 0 Å². The lowest BCUT2D eigenvalue weighted by atomic mass is 10.3. The van der Waals surface area contributed by atoms with E-state index < -0.39 is 0 Å². The van der Waals surface area contributed by atoms with E-state index in [9.17, 15) is 0 Å². The number of pyridine rings is 1. The summed E-state index contributed by atoms with van der Waals surface area (Å²) in [5.41, 5.74) is 1.96. The Labute approximate surface area is 122 Å². The van der Waals surface area contributed by atoms with Crippen molar-refractivity contribution in [2.75, 3.05) is 0 Å². The first kappa shape index (κ1) is 20.0. The maximum Gasteiger partial charge on any atom is 0.133 e. The lowest BCUT2D eigenvalue weighted by Crippen LogP contribution is -1.75. The van der Waals surface area contributed by atoms with E-state index >= 15 is 0 Å². The number of rotatable bonds is 0. The lowest BCUT2D eigenvalue weighted by molar-refractivity contribution is 0.393. The minimum atomic E-state index is 0.590. The summed E-state index contributed by atoms with van der Waals surface area (Å²) in [7, 11) is 0. The van der Waals surface area contributed by atoms with Gasteiger partial charge < -0.3 is 4.52 Å². The van der Waals surface area contributed by atoms with Crippen LogP contribution in [0.15, 0.2) is 28.9 Å². The van der Waals surface area contributed by atoms with Crippen molar-refractivity contribution in [2.24, 2.45) is 0 Å². The molecule has 2 rings (SSSR count). The van der Waals surface area contributed by atoms with Crippen molar-refractivity contribution in [3.8, 4) is 0 Å². The second-order valence-corrected chi connectivity index (χ2v) is 3.55. The molecule has 0 saturated heterocycles. The van der Waals surface area contributed by atoms with Gasteiger partial charge in [0.1, 0.15) is 10.9 Å². The van der Waals surface area contributed by atoms with Gasteiger partial charge in [-0.3, -0.25) is 0 Å². The summed E-state index contributed by atoms with van der Waals surface area (Å²) < 4.78 is 4.71. The van der Waals surface area contributed by atoms with Gasteiger partial charge >= 0.3 is 0 Å². The van der Waals surface area contributed by atoms with Crippen LogP contribution in [0.1, 0.15) is 44.7 Å². The molecule has 0 aliphatic carbocycles. The molecule has 0 atom stereocenters. The summed E-state index contributed by atoms with van der Waals surface area (Å²) >= 11 is 5.60. The molecule has 4 heteroatoms. The monoisotopic (exact) mass is 284 g/mol. The fourth-order valence-corrected chi connectivity index (χ4v) is 1.08. The molecule has 0 bridgehead atoms. The number of halogens is 1. The molecule has 19 heavy (non-hydrogen) atoms. The molecule has 0 saturated carbocycles. The fourth-order valence-electron chi connectivity index (χ4n) is 0.957. The summed E-state index contributed by atoms with van der Waals surface area (Å²) in [6, 6.07) is 5.68. The van der Waals surface area contributed by atoms with Gasteiger partial charge in [-0.1, -0.05) is 50.5 Å². The zero-order valence-electron chi connectivity index (χ0n) is 13.0. The zero-order valence-corrected chi connectivity index (χ0v) is 13.7. The van der Waals surface area contributed by atoms with Gasteiger partial charge in [0.25, 0.3) is 0 Å². The zero-order chi connectivity index (χ0) is 15.3. The van der Waals surface area contributed by atoms with E-state index in [4.69, 9.17) is 16.1 Å². The molecule has 0 unspecified atom stereocenters. The molecule has 0 spiro atoms. The van der Waals surface area contributed by atoms with Crippen LogP contribution in [0.25, 0.3) is 0 Å². The topological polar surface area (TPSA) is 38.9 Å². The molecule has 0 aliphatic heterocycles. The number of hydrogen-bond acceptors (Lipinski definition) is 3. The van der Waals surface area contributed by atoms with Crippen molar-refractivity contribution in [3.05, 3.63) is 46.6 Å². The highest BCUT2D eigenvalue weighted by Crippen LogP contribution is 2.07. The van der Waals surface area contributed by atoms with Crippen LogP contribution in [0, 0.1) is 20.8 Å². The Kier molecular flexibility index (Phi) is 13.8. The van der Waals surface area contributed by atoms with Crippen molar-refractivity contribution in [1.29, 1.82) is 0 Å². The lowest BCUT2D eigenvalue weighted by Gasteiger charge is -1.89. The third-order valence-corrected chi connectivity index (χ3v) is 2.09. The first-order valence-electron chi connectivity index (χ1n) is 6.56. The van der Waals surface area contributed by atoms with E-state index in [1.54, 1.807) is 6.20 Å². The third-order valence-electron chi connectivity index (χ3n) is 1.69. The molecule has 0 N–H and O–H groups in total. The van der Waals surface area contributed by atoms with E-state index in [0.29, 0.717) is 5.15 Å². The Balaban J connectivity index is 0. The highest BCUT2D eigenvalue weighted by Gasteiger charge is 1.88. The maximum atomic E-state index is 5.60. The van der Waals surface area contributed by atoms with Gasteiger partial charge in [-0.05, 0) is 32.4 Å². The molecular weight excluding hydrogens is 260 g/mol. The largest absolute Gasteiger partial charge is 0.361 e. The quantitative estimate of drug-likeness (QED) is 0.609. The van der Waals surface area contributed by atoms with E-state index in [0.717, 1.165) is 17.0 Å². The minimum Gasteiger partial charge on any atom is -0.361 e. The van der Waals surface area contributed by atoms with Crippen LogP contribution in [-0.2, 0) is 0 Å². The highest BCUT2D eigenvalue weighted by atomic mass is 35.5. The molecule has 3 nitrogen and oxygen atoms in total. The van der Waals surface area contributed by atoms with Crippen molar-refractivity contribution in [1.82, 2.24) is 10.1 Å². The maximum absolute atomic E-state index is 5.60. The average Bonchev–Trinajstić information content (AvgIpc) is 2.82. The van der Waals surface area contributed by atoms with E-state index in [2.05, 4.69) is 10.1 Å². The molecular formula is C15H25ClN2O. The Morgan fingerprint density at radius 1 is 1.05 bits per heavy atom. The van der Waals surface area contributed by atoms with Crippen LogP contribution >= 0.6 is 11.6 Å². The van der Waals surface area contributed by atoms with E-state index in [1.165, 1.54) is 0 Å². The molecule has 2 heterocycles. The van der Waals surface area contributed by atoms with Crippen molar-refractivity contribution < 1.29 is 4.52 Å². The van der Waals surface area contributed by atoms with E-state index in [-0.39, 0.29) is 0 Å². The number of hydrogen-bond donors (Lipinski definition) is 0. The van der Waals surface area contributed by atoms with Gasteiger partial charge in [-0.2, -0.15) is 0 Å². The van der Waals surface area contributed by atoms with Gasteiger partial charge in [-0.15, -0.1) is 0 Å². The predicted octanol–water partition coefficient (Wildman–Crippen LogP) is 5.39. The molecule has 0 aromatic carbocycles. The normalized spacial score (nSPS) is 8.00. The van der Waals surface area contributed by atoms with E-state index in [1.807, 2.05) is 66.7 Å². The fraction of sp³-hybridized carbons (Fsp3) is 0.467. The van der Waals surface area contributed by atoms with Gasteiger partial charge in [-0.25, -0.2) is 4.98 Å². The second kappa shape index (κ2) is 13.1. The summed E-state index contributed by atoms with van der Waals surface area (Å²) in [6.07, 6.45) is 1.68. The summed E-state index contributed by atoms with van der Waals surface area (Å²) in [4.78, 5) is 3.84. The van der Waals surface area contributed by atoms with Crippen LogP contribution in [-0.4, -0.2) is 10.1 Å². The third kappa shape index (κ3) is 10.3. The molecule has 0 fully saturated rings. The first-order valence-corrected chi connectivity index (χ1v) is 6.94. The van der Waals surface area contributed by atoms with Gasteiger partial charge in [0.05, 0.1) is 5.69 Å². The Morgan fingerprint density at radius 2 is 1.63 bits per heavy atom. The highest BCUT2D eigenvalue weighted by molar-refractivity contribution is 6.30. The smallest absolute Gasteiger partial charge is 0.133 e. The number of aryl methyl sites for hydroxylation is 3. The molecule has 0 aliphatic rings. The molecule has 2 aromatic heterocycles. The Hall–Kier alpha value is -1.35. The average molecular weight is 285 g/mol. The van der Waals surface area contributed by atoms with Crippen LogP contribution < -0.4 is 0 Å². The van der Waals surface area contributed by atoms with Gasteiger partial charge in [0.2, 0.25) is 0 Å². The first-order chi connectivity index (χ1) is 9.09. The van der Waals surface area contributed by atoms with Crippen molar-refractivity contribution >= 4 is 11.6 Å². The second-order valence-electron chi connectivity index (χ2n) is 3.19. The number of aromatic nitrogens is 2. The molecule has 2 aromatic rings. The minimum absolute atomic E-state index is 0.590. The van der Waals surface area contributed by atoms with Crippen molar-refractivity contribution in [3.63, 3.8) is 0 Å². The van der Waals surface area contributed by atoms with Crippen LogP contribution in [0.3, 0.4) is 0 Å². The summed E-state index contributed by atoms with van der Waals surface area (Å²) in [5, 5.41) is 4.23. The van der Waals surface area contributed by atoms with Crippen LogP contribution in [0.4, 0.5) is 0 Å². The van der Waals surface area contributed by atoms with Crippen LogP contribution in [0.2, 0.25) is 5.15 Å². The van der Waals surface area contributed by atoms with Gasteiger partial charge in [0, 0.05) is 12.3 Å². The molecule has 108 valence electrons. The van der Waals surface area contributed by atoms with Crippen molar-refractivity contribution in [2.45, 2.75) is 48.5 Å². The number of nitrogens with zero attached hydrogens (tertiary/aromatic N) is 2. The Bertz CT molecular complexity index is 390. The predicted molar refractivity (Wildman–Crippen MR) is 82.7 cm³/mol. The SMILES string of the molecule is CC.CC.Cc1cc(C)on1.Cc1cccnc1Cl. The molecule has 0 amide bonds. The molecule has 0 radical (unpaired) electrons. The Morgan fingerprint density at radius 3 is 1.84 bits per heavy atom. The van der Waals surface area contributed by atoms with Gasteiger partial charge in [0.15, 0.2) is 0 Å².